The van der Waals surface area contributed by atoms with Crippen molar-refractivity contribution < 1.29 is 27.4 Å². The third-order valence-corrected chi connectivity index (χ3v) is 3.15. The third-order valence-electron chi connectivity index (χ3n) is 3.15. The summed E-state index contributed by atoms with van der Waals surface area (Å²) in [6.07, 6.45) is -3.26. The van der Waals surface area contributed by atoms with E-state index in [1.165, 1.54) is 31.4 Å². The molecule has 0 bridgehead atoms. The molecule has 0 heterocycles. The van der Waals surface area contributed by atoms with Crippen LogP contribution in [-0.2, 0) is 15.7 Å². The van der Waals surface area contributed by atoms with E-state index in [2.05, 4.69) is 4.74 Å². The lowest BCUT2D eigenvalue weighted by Gasteiger charge is -2.15. The molecule has 0 unspecified atom stereocenters. The first-order chi connectivity index (χ1) is 11.4. The summed E-state index contributed by atoms with van der Waals surface area (Å²) in [5, 5.41) is 0. The Labute approximate surface area is 137 Å². The molecule has 126 valence electrons. The fourth-order valence-electron chi connectivity index (χ4n) is 1.99. The van der Waals surface area contributed by atoms with Crippen LogP contribution in [0.1, 0.15) is 17.5 Å². The number of rotatable bonds is 5. The minimum absolute atomic E-state index is 0.116. The molecular formula is C18H15F3O3. The van der Waals surface area contributed by atoms with Gasteiger partial charge in [0.15, 0.2) is 0 Å². The number of alkyl halides is 3. The van der Waals surface area contributed by atoms with E-state index in [-0.39, 0.29) is 17.9 Å². The molecule has 0 aliphatic heterocycles. The number of carbonyl (C=O) groups excluding carboxylic acids is 1. The highest BCUT2D eigenvalue weighted by atomic mass is 19.4. The zero-order valence-electron chi connectivity index (χ0n) is 12.8. The Balaban J connectivity index is 2.38. The minimum atomic E-state index is -4.54. The Bertz CT molecular complexity index is 722. The zero-order chi connectivity index (χ0) is 17.6. The minimum Gasteiger partial charge on any atom is -0.469 e. The molecule has 0 radical (unpaired) electrons. The van der Waals surface area contributed by atoms with Gasteiger partial charge in [-0.1, -0.05) is 42.5 Å². The van der Waals surface area contributed by atoms with E-state index in [9.17, 15) is 18.0 Å². The molecule has 2 aromatic rings. The Kier molecular flexibility index (Phi) is 5.63. The van der Waals surface area contributed by atoms with Gasteiger partial charge in [-0.25, -0.2) is 0 Å². The van der Waals surface area contributed by atoms with E-state index in [4.69, 9.17) is 4.74 Å². The van der Waals surface area contributed by atoms with Crippen LogP contribution in [0.2, 0.25) is 0 Å². The lowest BCUT2D eigenvalue weighted by Crippen LogP contribution is -2.08. The lowest BCUT2D eigenvalue weighted by molar-refractivity contribution is -0.140. The van der Waals surface area contributed by atoms with Crippen LogP contribution in [0.25, 0.3) is 5.76 Å². The van der Waals surface area contributed by atoms with Gasteiger partial charge < -0.3 is 9.47 Å². The van der Waals surface area contributed by atoms with Gasteiger partial charge >= 0.3 is 12.1 Å². The Morgan fingerprint density at radius 2 is 1.67 bits per heavy atom. The summed E-state index contributed by atoms with van der Waals surface area (Å²) in [5.74, 6) is -0.696. The van der Waals surface area contributed by atoms with Gasteiger partial charge in [0.25, 0.3) is 0 Å². The van der Waals surface area contributed by atoms with Crippen molar-refractivity contribution in [2.24, 2.45) is 0 Å². The van der Waals surface area contributed by atoms with Crippen LogP contribution in [0.4, 0.5) is 13.2 Å². The van der Waals surface area contributed by atoms with Gasteiger partial charge in [-0.3, -0.25) is 4.79 Å². The molecule has 3 nitrogen and oxygen atoms in total. The van der Waals surface area contributed by atoms with E-state index < -0.39 is 17.7 Å². The maximum absolute atomic E-state index is 13.1. The predicted octanol–water partition coefficient (Wildman–Crippen LogP) is 4.69. The average Bonchev–Trinajstić information content (AvgIpc) is 2.58. The monoisotopic (exact) mass is 336 g/mol. The fourth-order valence-corrected chi connectivity index (χ4v) is 1.99. The van der Waals surface area contributed by atoms with Crippen LogP contribution in [0.3, 0.4) is 0 Å². The molecular weight excluding hydrogens is 321 g/mol. The van der Waals surface area contributed by atoms with Crippen molar-refractivity contribution in [1.29, 1.82) is 0 Å². The van der Waals surface area contributed by atoms with Gasteiger partial charge in [0.2, 0.25) is 0 Å². The quantitative estimate of drug-likeness (QED) is 0.587. The van der Waals surface area contributed by atoms with Gasteiger partial charge in [-0.05, 0) is 18.2 Å². The van der Waals surface area contributed by atoms with Crippen molar-refractivity contribution in [3.63, 3.8) is 0 Å². The van der Waals surface area contributed by atoms with Gasteiger partial charge in [0.1, 0.15) is 11.5 Å². The topological polar surface area (TPSA) is 35.5 Å². The molecule has 0 spiro atoms. The van der Waals surface area contributed by atoms with Crippen LogP contribution in [-0.4, -0.2) is 13.1 Å². The molecule has 0 saturated heterocycles. The molecule has 0 fully saturated rings. The molecule has 2 rings (SSSR count). The number of halogens is 3. The van der Waals surface area contributed by atoms with E-state index in [1.807, 2.05) is 0 Å². The summed E-state index contributed by atoms with van der Waals surface area (Å²) < 4.78 is 49.3. The lowest BCUT2D eigenvalue weighted by atomic mass is 10.1. The second-order valence-corrected chi connectivity index (χ2v) is 4.81. The van der Waals surface area contributed by atoms with Crippen molar-refractivity contribution in [3.8, 4) is 5.75 Å². The number of hydrogen-bond donors (Lipinski definition) is 0. The summed E-state index contributed by atoms with van der Waals surface area (Å²) in [5.41, 5.74) is -0.330. The Morgan fingerprint density at radius 3 is 2.29 bits per heavy atom. The summed E-state index contributed by atoms with van der Waals surface area (Å²) in [4.78, 5) is 11.3. The number of para-hydroxylation sites is 1. The summed E-state index contributed by atoms with van der Waals surface area (Å²) in [6.45, 7) is 0. The maximum atomic E-state index is 13.1. The maximum Gasteiger partial charge on any atom is 0.419 e. The number of methoxy groups -OCH3 is 1. The van der Waals surface area contributed by atoms with Crippen molar-refractivity contribution in [1.82, 2.24) is 0 Å². The second kappa shape index (κ2) is 7.68. The van der Waals surface area contributed by atoms with Crippen LogP contribution >= 0.6 is 0 Å². The van der Waals surface area contributed by atoms with Crippen molar-refractivity contribution >= 4 is 11.7 Å². The zero-order valence-corrected chi connectivity index (χ0v) is 12.8. The number of carbonyl (C=O) groups is 1. The Morgan fingerprint density at radius 1 is 1.04 bits per heavy atom. The van der Waals surface area contributed by atoms with Crippen molar-refractivity contribution in [3.05, 3.63) is 71.8 Å². The average molecular weight is 336 g/mol. The normalized spacial score (nSPS) is 11.9. The highest BCUT2D eigenvalue weighted by molar-refractivity contribution is 5.74. The van der Waals surface area contributed by atoms with E-state index >= 15 is 0 Å². The molecule has 24 heavy (non-hydrogen) atoms. The van der Waals surface area contributed by atoms with Crippen molar-refractivity contribution in [2.75, 3.05) is 7.11 Å². The molecule has 0 aliphatic rings. The summed E-state index contributed by atoms with van der Waals surface area (Å²) >= 11 is 0. The van der Waals surface area contributed by atoms with Gasteiger partial charge in [0.05, 0.1) is 19.1 Å². The largest absolute Gasteiger partial charge is 0.469 e. The van der Waals surface area contributed by atoms with Crippen LogP contribution in [0, 0.1) is 0 Å². The van der Waals surface area contributed by atoms with Gasteiger partial charge in [-0.2, -0.15) is 13.2 Å². The number of esters is 1. The van der Waals surface area contributed by atoms with Gasteiger partial charge in [0, 0.05) is 5.56 Å². The first kappa shape index (κ1) is 17.6. The molecule has 0 saturated carbocycles. The van der Waals surface area contributed by atoms with E-state index in [0.717, 1.165) is 6.07 Å². The van der Waals surface area contributed by atoms with E-state index in [0.29, 0.717) is 5.56 Å². The smallest absolute Gasteiger partial charge is 0.419 e. The first-order valence-electron chi connectivity index (χ1n) is 7.08. The summed E-state index contributed by atoms with van der Waals surface area (Å²) in [6, 6.07) is 13.5. The first-order valence-corrected chi connectivity index (χ1v) is 7.08. The predicted molar refractivity (Wildman–Crippen MR) is 83.1 cm³/mol. The number of hydrogen-bond acceptors (Lipinski definition) is 3. The van der Waals surface area contributed by atoms with Crippen LogP contribution in [0.5, 0.6) is 5.75 Å². The number of ether oxygens (including phenoxy) is 2. The Hall–Kier alpha value is -2.76. The molecule has 0 atom stereocenters. The molecule has 2 aromatic carbocycles. The molecule has 6 heteroatoms. The highest BCUT2D eigenvalue weighted by Gasteiger charge is 2.34. The molecule has 0 aliphatic carbocycles. The number of benzene rings is 2. The fraction of sp³-hybridized carbons (Fsp3) is 0.167. The molecule has 0 aromatic heterocycles. The standard InChI is InChI=1S/C18H15F3O3/c1-23-17(22)12-11-15(13-7-3-2-4-8-13)24-16-10-6-5-9-14(16)18(19,20)21/h2-11H,12H2,1H3. The van der Waals surface area contributed by atoms with Crippen LogP contribution < -0.4 is 4.74 Å². The third kappa shape index (κ3) is 4.62. The highest BCUT2D eigenvalue weighted by Crippen LogP contribution is 2.37. The molecule has 0 N–H and O–H groups in total. The summed E-state index contributed by atoms with van der Waals surface area (Å²) in [7, 11) is 1.23. The van der Waals surface area contributed by atoms with Gasteiger partial charge in [-0.15, -0.1) is 0 Å². The SMILES string of the molecule is COC(=O)CC=C(Oc1ccccc1C(F)(F)F)c1ccccc1. The molecule has 0 amide bonds. The second-order valence-electron chi connectivity index (χ2n) is 4.81. The van der Waals surface area contributed by atoms with Crippen LogP contribution in [0.15, 0.2) is 60.7 Å². The van der Waals surface area contributed by atoms with E-state index in [1.54, 1.807) is 30.3 Å². The van der Waals surface area contributed by atoms with Crippen molar-refractivity contribution in [2.45, 2.75) is 12.6 Å².